The van der Waals surface area contributed by atoms with Crippen LogP contribution in [0.5, 0.6) is 0 Å². The van der Waals surface area contributed by atoms with E-state index in [2.05, 4.69) is 10.6 Å². The molecule has 6 nitrogen and oxygen atoms in total. The zero-order valence-corrected chi connectivity index (χ0v) is 21.3. The molecule has 2 rings (SSSR count). The molecule has 0 aliphatic carbocycles. The molecule has 0 radical (unpaired) electrons. The zero-order chi connectivity index (χ0) is 25.5. The minimum absolute atomic E-state index is 0.150. The SMILES string of the molecule is CC(C)(C)NC(=O)c1ccccc1CCC(O)C(O)CCc1ccccc1C(=O)NC(C)(C)C. The molecule has 0 bridgehead atoms. The predicted molar refractivity (Wildman–Crippen MR) is 136 cm³/mol. The summed E-state index contributed by atoms with van der Waals surface area (Å²) in [6.45, 7) is 11.6. The lowest BCUT2D eigenvalue weighted by Crippen LogP contribution is -2.41. The van der Waals surface area contributed by atoms with Crippen LogP contribution in [-0.2, 0) is 12.8 Å². The molecule has 4 N–H and O–H groups in total. The number of aliphatic hydroxyl groups excluding tert-OH is 2. The largest absolute Gasteiger partial charge is 0.390 e. The van der Waals surface area contributed by atoms with Crippen molar-refractivity contribution >= 4 is 11.8 Å². The molecule has 0 aliphatic heterocycles. The Hall–Kier alpha value is -2.70. The van der Waals surface area contributed by atoms with Crippen LogP contribution in [0.4, 0.5) is 0 Å². The second-order valence-electron chi connectivity index (χ2n) is 10.9. The Morgan fingerprint density at radius 1 is 0.676 bits per heavy atom. The number of hydrogen-bond acceptors (Lipinski definition) is 4. The molecule has 0 heterocycles. The molecule has 2 aromatic rings. The summed E-state index contributed by atoms with van der Waals surface area (Å²) in [6, 6.07) is 14.7. The number of carbonyl (C=O) groups is 2. The lowest BCUT2D eigenvalue weighted by molar-refractivity contribution is 0.0103. The van der Waals surface area contributed by atoms with Crippen LogP contribution in [0.1, 0.15) is 86.2 Å². The zero-order valence-electron chi connectivity index (χ0n) is 21.3. The van der Waals surface area contributed by atoms with E-state index in [0.717, 1.165) is 11.1 Å². The van der Waals surface area contributed by atoms with E-state index in [0.29, 0.717) is 36.8 Å². The molecule has 2 aromatic carbocycles. The molecule has 0 fully saturated rings. The van der Waals surface area contributed by atoms with E-state index < -0.39 is 12.2 Å². The number of aliphatic hydroxyl groups is 2. The van der Waals surface area contributed by atoms with Gasteiger partial charge in [0.15, 0.2) is 0 Å². The van der Waals surface area contributed by atoms with Gasteiger partial charge in [-0.05, 0) is 90.5 Å². The topological polar surface area (TPSA) is 98.7 Å². The van der Waals surface area contributed by atoms with Crippen LogP contribution in [0.15, 0.2) is 48.5 Å². The van der Waals surface area contributed by atoms with Gasteiger partial charge in [-0.2, -0.15) is 0 Å². The fraction of sp³-hybridized carbons (Fsp3) is 0.500. The van der Waals surface area contributed by atoms with Crippen molar-refractivity contribution in [2.24, 2.45) is 0 Å². The molecular formula is C28H40N2O4. The van der Waals surface area contributed by atoms with Crippen LogP contribution in [0.3, 0.4) is 0 Å². The monoisotopic (exact) mass is 468 g/mol. The van der Waals surface area contributed by atoms with Crippen molar-refractivity contribution in [3.63, 3.8) is 0 Å². The van der Waals surface area contributed by atoms with E-state index in [1.165, 1.54) is 0 Å². The number of rotatable bonds is 9. The maximum atomic E-state index is 12.6. The molecule has 0 aliphatic rings. The van der Waals surface area contributed by atoms with Gasteiger partial charge in [0.1, 0.15) is 0 Å². The number of benzene rings is 2. The summed E-state index contributed by atoms with van der Waals surface area (Å²) in [5.74, 6) is -0.299. The van der Waals surface area contributed by atoms with Gasteiger partial charge in [0.05, 0.1) is 12.2 Å². The van der Waals surface area contributed by atoms with Crippen LogP contribution < -0.4 is 10.6 Å². The third kappa shape index (κ3) is 8.92. The highest BCUT2D eigenvalue weighted by atomic mass is 16.3. The van der Waals surface area contributed by atoms with Gasteiger partial charge in [-0.1, -0.05) is 36.4 Å². The van der Waals surface area contributed by atoms with Crippen LogP contribution in [-0.4, -0.2) is 45.3 Å². The van der Waals surface area contributed by atoms with E-state index in [-0.39, 0.29) is 22.9 Å². The smallest absolute Gasteiger partial charge is 0.251 e. The second-order valence-corrected chi connectivity index (χ2v) is 10.9. The molecule has 0 saturated heterocycles. The number of amides is 2. The quantitative estimate of drug-likeness (QED) is 0.447. The highest BCUT2D eigenvalue weighted by Gasteiger charge is 2.22. The van der Waals surface area contributed by atoms with Gasteiger partial charge >= 0.3 is 0 Å². The summed E-state index contributed by atoms with van der Waals surface area (Å²) in [4.78, 5) is 25.3. The van der Waals surface area contributed by atoms with Crippen molar-refractivity contribution in [3.05, 3.63) is 70.8 Å². The Bertz CT molecular complexity index is 893. The third-order valence-corrected chi connectivity index (χ3v) is 5.36. The molecule has 186 valence electrons. The lowest BCUT2D eigenvalue weighted by atomic mass is 9.94. The number of hydrogen-bond donors (Lipinski definition) is 4. The van der Waals surface area contributed by atoms with E-state index in [4.69, 9.17) is 0 Å². The first-order valence-corrected chi connectivity index (χ1v) is 11.9. The van der Waals surface area contributed by atoms with Gasteiger partial charge in [0.2, 0.25) is 0 Å². The summed E-state index contributed by atoms with van der Waals surface area (Å²) in [6.07, 6.45) is -0.281. The third-order valence-electron chi connectivity index (χ3n) is 5.36. The molecule has 34 heavy (non-hydrogen) atoms. The first-order chi connectivity index (χ1) is 15.8. The van der Waals surface area contributed by atoms with Crippen LogP contribution in [0, 0.1) is 0 Å². The Morgan fingerprint density at radius 2 is 1.00 bits per heavy atom. The standard InChI is InChI=1S/C28H40N2O4/c1-27(2,3)29-25(33)21-13-9-7-11-19(21)15-17-23(31)24(32)18-16-20-12-8-10-14-22(20)26(34)30-28(4,5)6/h7-14,23-24,31-32H,15-18H2,1-6H3,(H,29,33)(H,30,34). The highest BCUT2D eigenvalue weighted by Crippen LogP contribution is 2.18. The van der Waals surface area contributed by atoms with Crippen LogP contribution >= 0.6 is 0 Å². The highest BCUT2D eigenvalue weighted by molar-refractivity contribution is 5.96. The second kappa shape index (κ2) is 11.6. The van der Waals surface area contributed by atoms with Crippen molar-refractivity contribution in [3.8, 4) is 0 Å². The Morgan fingerprint density at radius 3 is 1.32 bits per heavy atom. The Balaban J connectivity index is 1.98. The minimum atomic E-state index is -0.936. The van der Waals surface area contributed by atoms with E-state index in [9.17, 15) is 19.8 Å². The summed E-state index contributed by atoms with van der Waals surface area (Å²) in [5, 5.41) is 27.1. The first kappa shape index (κ1) is 27.5. The van der Waals surface area contributed by atoms with Crippen molar-refractivity contribution in [1.82, 2.24) is 10.6 Å². The fourth-order valence-corrected chi connectivity index (χ4v) is 3.73. The number of aryl methyl sites for hydroxylation is 2. The van der Waals surface area contributed by atoms with Crippen LogP contribution in [0.25, 0.3) is 0 Å². The molecule has 0 aromatic heterocycles. The molecular weight excluding hydrogens is 428 g/mol. The predicted octanol–water partition coefficient (Wildman–Crippen LogP) is 4.03. The Kier molecular flexibility index (Phi) is 9.42. The van der Waals surface area contributed by atoms with E-state index in [1.54, 1.807) is 12.1 Å². The summed E-state index contributed by atoms with van der Waals surface area (Å²) in [5.41, 5.74) is 2.13. The summed E-state index contributed by atoms with van der Waals surface area (Å²) in [7, 11) is 0. The maximum Gasteiger partial charge on any atom is 0.251 e. The molecule has 2 amide bonds. The normalized spacial score (nSPS) is 13.8. The first-order valence-electron chi connectivity index (χ1n) is 11.9. The lowest BCUT2D eigenvalue weighted by Gasteiger charge is -2.23. The Labute approximate surface area is 203 Å². The van der Waals surface area contributed by atoms with Crippen molar-refractivity contribution in [2.75, 3.05) is 0 Å². The van der Waals surface area contributed by atoms with Gasteiger partial charge in [-0.15, -0.1) is 0 Å². The van der Waals surface area contributed by atoms with Gasteiger partial charge < -0.3 is 20.8 Å². The van der Waals surface area contributed by atoms with E-state index >= 15 is 0 Å². The molecule has 6 heteroatoms. The molecule has 2 unspecified atom stereocenters. The van der Waals surface area contributed by atoms with Crippen molar-refractivity contribution in [1.29, 1.82) is 0 Å². The van der Waals surface area contributed by atoms with Crippen LogP contribution in [0.2, 0.25) is 0 Å². The van der Waals surface area contributed by atoms with Gasteiger partial charge in [0.25, 0.3) is 11.8 Å². The van der Waals surface area contributed by atoms with Crippen molar-refractivity contribution < 1.29 is 19.8 Å². The molecule has 0 spiro atoms. The van der Waals surface area contributed by atoms with E-state index in [1.807, 2.05) is 77.9 Å². The number of carbonyl (C=O) groups excluding carboxylic acids is 2. The van der Waals surface area contributed by atoms with Gasteiger partial charge in [0, 0.05) is 22.2 Å². The average molecular weight is 469 g/mol. The average Bonchev–Trinajstić information content (AvgIpc) is 2.73. The maximum absolute atomic E-state index is 12.6. The molecule has 2 atom stereocenters. The van der Waals surface area contributed by atoms with Gasteiger partial charge in [-0.25, -0.2) is 0 Å². The number of nitrogens with one attached hydrogen (secondary N) is 2. The summed E-state index contributed by atoms with van der Waals surface area (Å²) >= 11 is 0. The fourth-order valence-electron chi connectivity index (χ4n) is 3.73. The van der Waals surface area contributed by atoms with Crippen molar-refractivity contribution in [2.45, 2.75) is 90.5 Å². The molecule has 0 saturated carbocycles. The minimum Gasteiger partial charge on any atom is -0.390 e. The van der Waals surface area contributed by atoms with Gasteiger partial charge in [-0.3, -0.25) is 9.59 Å². The summed E-state index contributed by atoms with van der Waals surface area (Å²) < 4.78 is 0.